The van der Waals surface area contributed by atoms with E-state index in [1.54, 1.807) is 12.4 Å². The number of hydrogen-bond acceptors (Lipinski definition) is 4. The molecule has 0 aliphatic rings. The van der Waals surface area contributed by atoms with Crippen molar-refractivity contribution in [2.24, 2.45) is 11.5 Å². The molecule has 0 aliphatic heterocycles. The van der Waals surface area contributed by atoms with Gasteiger partial charge in [0.2, 0.25) is 5.91 Å². The lowest BCUT2D eigenvalue weighted by molar-refractivity contribution is -0.119. The molecule has 4 N–H and O–H groups in total. The second-order valence-electron chi connectivity index (χ2n) is 4.21. The van der Waals surface area contributed by atoms with Crippen molar-refractivity contribution in [2.45, 2.75) is 18.9 Å². The van der Waals surface area contributed by atoms with Crippen LogP contribution in [0.2, 0.25) is 0 Å². The van der Waals surface area contributed by atoms with Crippen molar-refractivity contribution >= 4 is 5.91 Å². The summed E-state index contributed by atoms with van der Waals surface area (Å²) in [7, 11) is 2.01. The number of carbonyl (C=O) groups excluding carboxylic acids is 1. The maximum absolute atomic E-state index is 10.8. The summed E-state index contributed by atoms with van der Waals surface area (Å²) in [4.78, 5) is 16.9. The first-order valence-corrected chi connectivity index (χ1v) is 5.72. The highest BCUT2D eigenvalue weighted by molar-refractivity contribution is 5.79. The van der Waals surface area contributed by atoms with Gasteiger partial charge in [0.15, 0.2) is 0 Å². The minimum atomic E-state index is -0.543. The van der Waals surface area contributed by atoms with Crippen LogP contribution in [0.25, 0.3) is 0 Å². The molecule has 0 saturated heterocycles. The Hall–Kier alpha value is -1.46. The molecule has 1 unspecified atom stereocenters. The summed E-state index contributed by atoms with van der Waals surface area (Å²) in [5, 5.41) is 0. The second-order valence-corrected chi connectivity index (χ2v) is 4.21. The average Bonchev–Trinajstić information content (AvgIpc) is 2.34. The van der Waals surface area contributed by atoms with Crippen LogP contribution in [0, 0.1) is 0 Å². The van der Waals surface area contributed by atoms with Crippen molar-refractivity contribution in [3.63, 3.8) is 0 Å². The van der Waals surface area contributed by atoms with Gasteiger partial charge in [-0.05, 0) is 44.1 Å². The molecule has 17 heavy (non-hydrogen) atoms. The molecule has 5 nitrogen and oxygen atoms in total. The lowest BCUT2D eigenvalue weighted by Crippen LogP contribution is -2.39. The zero-order chi connectivity index (χ0) is 12.7. The predicted molar refractivity (Wildman–Crippen MR) is 67.2 cm³/mol. The summed E-state index contributed by atoms with van der Waals surface area (Å²) in [6.45, 7) is 1.70. The highest BCUT2D eigenvalue weighted by Crippen LogP contribution is 2.00. The van der Waals surface area contributed by atoms with Gasteiger partial charge in [-0.15, -0.1) is 0 Å². The number of pyridine rings is 1. The minimum absolute atomic E-state index is 0.437. The molecule has 0 aliphatic carbocycles. The molecule has 94 valence electrons. The summed E-state index contributed by atoms with van der Waals surface area (Å²) in [6.07, 6.45) is 5.14. The highest BCUT2D eigenvalue weighted by Gasteiger charge is 2.09. The number of amides is 1. The molecule has 1 amide bonds. The number of aromatic nitrogens is 1. The maximum Gasteiger partial charge on any atom is 0.234 e. The lowest BCUT2D eigenvalue weighted by Gasteiger charge is -2.17. The molecule has 5 heteroatoms. The standard InChI is InChI=1S/C12H20N4O/c1-16(9-5-11(13)12(14)17)8-4-10-2-6-15-7-3-10/h2-3,6-7,11H,4-5,8-9,13H2,1H3,(H2,14,17). The van der Waals surface area contributed by atoms with Crippen molar-refractivity contribution in [3.05, 3.63) is 30.1 Å². The Labute approximate surface area is 102 Å². The second kappa shape index (κ2) is 6.98. The minimum Gasteiger partial charge on any atom is -0.368 e. The molecule has 1 atom stereocenters. The van der Waals surface area contributed by atoms with Crippen LogP contribution in [0.5, 0.6) is 0 Å². The normalized spacial score (nSPS) is 12.6. The van der Waals surface area contributed by atoms with Crippen LogP contribution in [0.15, 0.2) is 24.5 Å². The number of rotatable bonds is 7. The lowest BCUT2D eigenvalue weighted by atomic mass is 10.1. The highest BCUT2D eigenvalue weighted by atomic mass is 16.1. The van der Waals surface area contributed by atoms with E-state index in [1.165, 1.54) is 5.56 Å². The van der Waals surface area contributed by atoms with Gasteiger partial charge in [-0.2, -0.15) is 0 Å². The molecule has 1 aromatic heterocycles. The van der Waals surface area contributed by atoms with Gasteiger partial charge < -0.3 is 16.4 Å². The van der Waals surface area contributed by atoms with Crippen LogP contribution >= 0.6 is 0 Å². The van der Waals surface area contributed by atoms with Gasteiger partial charge in [0.05, 0.1) is 6.04 Å². The van der Waals surface area contributed by atoms with Crippen LogP contribution in [0.4, 0.5) is 0 Å². The molecule has 0 saturated carbocycles. The maximum atomic E-state index is 10.8. The fraction of sp³-hybridized carbons (Fsp3) is 0.500. The Bertz CT molecular complexity index is 342. The summed E-state index contributed by atoms with van der Waals surface area (Å²) < 4.78 is 0. The molecule has 0 spiro atoms. The first-order chi connectivity index (χ1) is 8.09. The van der Waals surface area contributed by atoms with Crippen molar-refractivity contribution in [1.29, 1.82) is 0 Å². The molecule has 0 fully saturated rings. The first-order valence-electron chi connectivity index (χ1n) is 5.72. The van der Waals surface area contributed by atoms with Crippen molar-refractivity contribution in [2.75, 3.05) is 20.1 Å². The van der Waals surface area contributed by atoms with Crippen molar-refractivity contribution < 1.29 is 4.79 Å². The van der Waals surface area contributed by atoms with Gasteiger partial charge in [0.1, 0.15) is 0 Å². The third-order valence-corrected chi connectivity index (χ3v) is 2.72. The Balaban J connectivity index is 2.22. The Morgan fingerprint density at radius 3 is 2.65 bits per heavy atom. The number of primary amides is 1. The zero-order valence-corrected chi connectivity index (χ0v) is 10.2. The smallest absolute Gasteiger partial charge is 0.234 e. The number of hydrogen-bond donors (Lipinski definition) is 2. The van der Waals surface area contributed by atoms with E-state index >= 15 is 0 Å². The van der Waals surface area contributed by atoms with Crippen LogP contribution in [-0.2, 0) is 11.2 Å². The summed E-state index contributed by atoms with van der Waals surface area (Å²) >= 11 is 0. The van der Waals surface area contributed by atoms with E-state index in [9.17, 15) is 4.79 Å². The average molecular weight is 236 g/mol. The number of nitrogens with two attached hydrogens (primary N) is 2. The van der Waals surface area contributed by atoms with E-state index in [4.69, 9.17) is 11.5 Å². The molecule has 1 heterocycles. The molecule has 1 aromatic rings. The quantitative estimate of drug-likeness (QED) is 0.684. The number of carbonyl (C=O) groups is 1. The van der Waals surface area contributed by atoms with Crippen LogP contribution in [0.1, 0.15) is 12.0 Å². The van der Waals surface area contributed by atoms with Gasteiger partial charge in [-0.1, -0.05) is 0 Å². The molecule has 0 radical (unpaired) electrons. The topological polar surface area (TPSA) is 85.2 Å². The molecule has 1 rings (SSSR count). The Morgan fingerprint density at radius 1 is 1.41 bits per heavy atom. The zero-order valence-electron chi connectivity index (χ0n) is 10.2. The predicted octanol–water partition coefficient (Wildman–Crippen LogP) is -0.241. The van der Waals surface area contributed by atoms with E-state index in [-0.39, 0.29) is 0 Å². The monoisotopic (exact) mass is 236 g/mol. The summed E-state index contributed by atoms with van der Waals surface area (Å²) in [6, 6.07) is 3.46. The fourth-order valence-corrected chi connectivity index (χ4v) is 1.48. The van der Waals surface area contributed by atoms with Crippen LogP contribution in [0.3, 0.4) is 0 Å². The Morgan fingerprint density at radius 2 is 2.06 bits per heavy atom. The van der Waals surface area contributed by atoms with E-state index in [0.717, 1.165) is 19.5 Å². The van der Waals surface area contributed by atoms with E-state index < -0.39 is 11.9 Å². The first kappa shape index (κ1) is 13.6. The van der Waals surface area contributed by atoms with Crippen LogP contribution in [-0.4, -0.2) is 42.0 Å². The number of nitrogens with zero attached hydrogens (tertiary/aromatic N) is 2. The Kier molecular flexibility index (Phi) is 5.59. The largest absolute Gasteiger partial charge is 0.368 e. The van der Waals surface area contributed by atoms with E-state index in [1.807, 2.05) is 19.2 Å². The SMILES string of the molecule is CN(CCc1ccncc1)CCC(N)C(N)=O. The molecular weight excluding hydrogens is 216 g/mol. The third kappa shape index (κ3) is 5.42. The van der Waals surface area contributed by atoms with Crippen LogP contribution < -0.4 is 11.5 Å². The van der Waals surface area contributed by atoms with Gasteiger partial charge >= 0.3 is 0 Å². The number of likely N-dealkylation sites (N-methyl/N-ethyl adjacent to an activating group) is 1. The van der Waals surface area contributed by atoms with Gasteiger partial charge in [0.25, 0.3) is 0 Å². The van der Waals surface area contributed by atoms with Gasteiger partial charge in [-0.25, -0.2) is 0 Å². The summed E-state index contributed by atoms with van der Waals surface area (Å²) in [5.74, 6) is -0.437. The third-order valence-electron chi connectivity index (χ3n) is 2.72. The molecule has 0 bridgehead atoms. The van der Waals surface area contributed by atoms with Gasteiger partial charge in [-0.3, -0.25) is 9.78 Å². The van der Waals surface area contributed by atoms with Crippen molar-refractivity contribution in [3.8, 4) is 0 Å². The molecular formula is C12H20N4O. The van der Waals surface area contributed by atoms with Crippen molar-refractivity contribution in [1.82, 2.24) is 9.88 Å². The summed E-state index contributed by atoms with van der Waals surface area (Å²) in [5.41, 5.74) is 11.9. The molecule has 0 aromatic carbocycles. The van der Waals surface area contributed by atoms with E-state index in [0.29, 0.717) is 6.42 Å². The fourth-order valence-electron chi connectivity index (χ4n) is 1.48. The van der Waals surface area contributed by atoms with E-state index in [2.05, 4.69) is 9.88 Å². The van der Waals surface area contributed by atoms with Gasteiger partial charge in [0, 0.05) is 18.9 Å².